The van der Waals surface area contributed by atoms with Crippen LogP contribution in [0, 0.1) is 6.92 Å². The molecule has 1 atom stereocenters. The van der Waals surface area contributed by atoms with E-state index in [2.05, 4.69) is 34.6 Å². The van der Waals surface area contributed by atoms with Crippen LogP contribution in [0.25, 0.3) is 11.0 Å². The SMILES string of the molecule is Cc1ccc2c(c1)nc1n2CCCN2CCCCC2C1. The molecule has 3 nitrogen and oxygen atoms in total. The van der Waals surface area contributed by atoms with Crippen molar-refractivity contribution in [3.05, 3.63) is 29.6 Å². The molecule has 0 saturated carbocycles. The van der Waals surface area contributed by atoms with Gasteiger partial charge in [0.25, 0.3) is 0 Å². The van der Waals surface area contributed by atoms with Crippen molar-refractivity contribution in [1.29, 1.82) is 0 Å². The molecule has 1 aromatic carbocycles. The minimum atomic E-state index is 0.723. The summed E-state index contributed by atoms with van der Waals surface area (Å²) in [4.78, 5) is 7.65. The Morgan fingerprint density at radius 1 is 1.10 bits per heavy atom. The van der Waals surface area contributed by atoms with Gasteiger partial charge in [-0.3, -0.25) is 4.90 Å². The smallest absolute Gasteiger partial charge is 0.111 e. The minimum Gasteiger partial charge on any atom is -0.328 e. The van der Waals surface area contributed by atoms with Crippen molar-refractivity contribution < 1.29 is 0 Å². The van der Waals surface area contributed by atoms with Crippen LogP contribution < -0.4 is 0 Å². The summed E-state index contributed by atoms with van der Waals surface area (Å²) in [6.07, 6.45) is 6.51. The van der Waals surface area contributed by atoms with Gasteiger partial charge in [-0.05, 0) is 50.4 Å². The zero-order valence-corrected chi connectivity index (χ0v) is 12.3. The maximum Gasteiger partial charge on any atom is 0.111 e. The fraction of sp³-hybridized carbons (Fsp3) is 0.588. The molecule has 0 N–H and O–H groups in total. The Morgan fingerprint density at radius 3 is 2.95 bits per heavy atom. The van der Waals surface area contributed by atoms with Gasteiger partial charge >= 0.3 is 0 Å². The maximum absolute atomic E-state index is 4.94. The Bertz CT molecular complexity index is 628. The second kappa shape index (κ2) is 4.88. The second-order valence-corrected chi connectivity index (χ2v) is 6.42. The van der Waals surface area contributed by atoms with Crippen molar-refractivity contribution in [1.82, 2.24) is 14.5 Å². The van der Waals surface area contributed by atoms with Crippen molar-refractivity contribution in [2.75, 3.05) is 13.1 Å². The molecule has 0 aliphatic carbocycles. The third-order valence-corrected chi connectivity index (χ3v) is 4.98. The molecular formula is C17H23N3. The molecule has 3 heterocycles. The first-order chi connectivity index (χ1) is 9.81. The zero-order valence-electron chi connectivity index (χ0n) is 12.3. The molecular weight excluding hydrogens is 246 g/mol. The summed E-state index contributed by atoms with van der Waals surface area (Å²) in [5.74, 6) is 1.31. The van der Waals surface area contributed by atoms with E-state index in [0.29, 0.717) is 0 Å². The molecule has 2 aliphatic rings. The van der Waals surface area contributed by atoms with Crippen LogP contribution in [0.15, 0.2) is 18.2 Å². The summed E-state index contributed by atoms with van der Waals surface area (Å²) in [5, 5.41) is 0. The lowest BCUT2D eigenvalue weighted by atomic mass is 9.98. The van der Waals surface area contributed by atoms with Crippen LogP contribution in [0.2, 0.25) is 0 Å². The minimum absolute atomic E-state index is 0.723. The van der Waals surface area contributed by atoms with Crippen LogP contribution in [-0.4, -0.2) is 33.6 Å². The average Bonchev–Trinajstić information content (AvgIpc) is 2.74. The second-order valence-electron chi connectivity index (χ2n) is 6.42. The van der Waals surface area contributed by atoms with Crippen LogP contribution in [0.3, 0.4) is 0 Å². The van der Waals surface area contributed by atoms with Gasteiger partial charge in [-0.25, -0.2) is 4.98 Å². The summed E-state index contributed by atoms with van der Waals surface area (Å²) >= 11 is 0. The van der Waals surface area contributed by atoms with E-state index in [9.17, 15) is 0 Å². The first-order valence-electron chi connectivity index (χ1n) is 8.01. The molecule has 2 aromatic rings. The van der Waals surface area contributed by atoms with Gasteiger partial charge < -0.3 is 4.57 Å². The molecule has 0 spiro atoms. The van der Waals surface area contributed by atoms with E-state index in [1.807, 2.05) is 0 Å². The van der Waals surface area contributed by atoms with Gasteiger partial charge in [-0.15, -0.1) is 0 Å². The van der Waals surface area contributed by atoms with E-state index in [-0.39, 0.29) is 0 Å². The van der Waals surface area contributed by atoms with E-state index in [4.69, 9.17) is 4.98 Å². The molecule has 2 aliphatic heterocycles. The first kappa shape index (κ1) is 12.4. The van der Waals surface area contributed by atoms with Crippen molar-refractivity contribution in [2.45, 2.75) is 51.6 Å². The third-order valence-electron chi connectivity index (χ3n) is 4.98. The molecule has 1 unspecified atom stereocenters. The van der Waals surface area contributed by atoms with Gasteiger partial charge in [0.15, 0.2) is 0 Å². The molecule has 4 rings (SSSR count). The molecule has 3 heteroatoms. The quantitative estimate of drug-likeness (QED) is 0.732. The lowest BCUT2D eigenvalue weighted by molar-refractivity contribution is 0.135. The Labute approximate surface area is 120 Å². The summed E-state index contributed by atoms with van der Waals surface area (Å²) in [6, 6.07) is 7.41. The number of nitrogens with zero attached hydrogens (tertiary/aromatic N) is 3. The van der Waals surface area contributed by atoms with Gasteiger partial charge in [0.2, 0.25) is 0 Å². The molecule has 0 bridgehead atoms. The van der Waals surface area contributed by atoms with Gasteiger partial charge in [-0.2, -0.15) is 0 Å². The fourth-order valence-corrected chi connectivity index (χ4v) is 3.92. The number of benzene rings is 1. The Hall–Kier alpha value is -1.35. The van der Waals surface area contributed by atoms with E-state index in [1.165, 1.54) is 61.2 Å². The van der Waals surface area contributed by atoms with Gasteiger partial charge in [-0.1, -0.05) is 12.5 Å². The Morgan fingerprint density at radius 2 is 2.00 bits per heavy atom. The lowest BCUT2D eigenvalue weighted by Gasteiger charge is -2.37. The Kier molecular flexibility index (Phi) is 3.03. The number of aromatic nitrogens is 2. The summed E-state index contributed by atoms with van der Waals surface area (Å²) in [6.45, 7) is 5.83. The van der Waals surface area contributed by atoms with Gasteiger partial charge in [0.1, 0.15) is 5.82 Å². The van der Waals surface area contributed by atoms with Crippen molar-refractivity contribution in [3.8, 4) is 0 Å². The predicted octanol–water partition coefficient (Wildman–Crippen LogP) is 3.15. The highest BCUT2D eigenvalue weighted by molar-refractivity contribution is 5.76. The van der Waals surface area contributed by atoms with E-state index >= 15 is 0 Å². The summed E-state index contributed by atoms with van der Waals surface area (Å²) < 4.78 is 2.47. The highest BCUT2D eigenvalue weighted by Crippen LogP contribution is 2.26. The van der Waals surface area contributed by atoms with E-state index in [1.54, 1.807) is 0 Å². The van der Waals surface area contributed by atoms with Crippen LogP contribution in [0.5, 0.6) is 0 Å². The number of fused-ring (bicyclic) bond motifs is 4. The fourth-order valence-electron chi connectivity index (χ4n) is 3.92. The number of piperidine rings is 1. The molecule has 20 heavy (non-hydrogen) atoms. The standard InChI is InChI=1S/C17H23N3/c1-13-6-7-16-15(11-13)18-17-12-14-5-2-3-8-19(14)9-4-10-20(16)17/h6-7,11,14H,2-5,8-10,12H2,1H3. The van der Waals surface area contributed by atoms with Crippen molar-refractivity contribution >= 4 is 11.0 Å². The van der Waals surface area contributed by atoms with Gasteiger partial charge in [0.05, 0.1) is 11.0 Å². The summed E-state index contributed by atoms with van der Waals surface area (Å²) in [7, 11) is 0. The zero-order chi connectivity index (χ0) is 13.5. The van der Waals surface area contributed by atoms with E-state index < -0.39 is 0 Å². The number of rotatable bonds is 0. The van der Waals surface area contributed by atoms with Crippen LogP contribution in [0.1, 0.15) is 37.1 Å². The topological polar surface area (TPSA) is 21.1 Å². The number of imidazole rings is 1. The molecule has 0 radical (unpaired) electrons. The summed E-state index contributed by atoms with van der Waals surface area (Å²) in [5.41, 5.74) is 3.82. The molecule has 0 amide bonds. The number of aryl methyl sites for hydroxylation is 2. The van der Waals surface area contributed by atoms with E-state index in [0.717, 1.165) is 19.0 Å². The largest absolute Gasteiger partial charge is 0.328 e. The van der Waals surface area contributed by atoms with Crippen molar-refractivity contribution in [3.63, 3.8) is 0 Å². The normalized spacial score (nSPS) is 23.9. The average molecular weight is 269 g/mol. The Balaban J connectivity index is 1.76. The third kappa shape index (κ3) is 2.05. The predicted molar refractivity (Wildman–Crippen MR) is 82.0 cm³/mol. The van der Waals surface area contributed by atoms with Gasteiger partial charge in [0, 0.05) is 25.6 Å². The van der Waals surface area contributed by atoms with Crippen LogP contribution >= 0.6 is 0 Å². The highest BCUT2D eigenvalue weighted by atomic mass is 15.2. The highest BCUT2D eigenvalue weighted by Gasteiger charge is 2.26. The number of hydrogen-bond acceptors (Lipinski definition) is 2. The van der Waals surface area contributed by atoms with Crippen LogP contribution in [-0.2, 0) is 13.0 Å². The number of hydrogen-bond donors (Lipinski definition) is 0. The molecule has 106 valence electrons. The first-order valence-corrected chi connectivity index (χ1v) is 8.01. The van der Waals surface area contributed by atoms with Crippen LogP contribution in [0.4, 0.5) is 0 Å². The maximum atomic E-state index is 4.94. The van der Waals surface area contributed by atoms with Crippen molar-refractivity contribution in [2.24, 2.45) is 0 Å². The molecule has 1 aromatic heterocycles. The molecule has 1 fully saturated rings. The molecule has 1 saturated heterocycles. The monoisotopic (exact) mass is 269 g/mol. The lowest BCUT2D eigenvalue weighted by Crippen LogP contribution is -2.43.